The van der Waals surface area contributed by atoms with Crippen molar-refractivity contribution in [2.75, 3.05) is 18.4 Å². The largest absolute Gasteiger partial charge is 0.326 e. The maximum Gasteiger partial charge on any atom is 0.252 e. The summed E-state index contributed by atoms with van der Waals surface area (Å²) in [6.45, 7) is 2.44. The first kappa shape index (κ1) is 18.0. The third-order valence-corrected chi connectivity index (χ3v) is 7.51. The van der Waals surface area contributed by atoms with Crippen LogP contribution in [0.2, 0.25) is 0 Å². The number of hydrogen-bond acceptors (Lipinski definition) is 4. The van der Waals surface area contributed by atoms with Gasteiger partial charge in [0.05, 0.1) is 5.92 Å². The number of sulfonamides is 1. The van der Waals surface area contributed by atoms with Gasteiger partial charge in [-0.1, -0.05) is 0 Å². The van der Waals surface area contributed by atoms with E-state index in [1.54, 1.807) is 12.1 Å². The van der Waals surface area contributed by atoms with Crippen LogP contribution in [0.15, 0.2) is 40.6 Å². The molecular weight excluding hydrogens is 363 g/mol. The number of halogens is 1. The van der Waals surface area contributed by atoms with E-state index in [4.69, 9.17) is 0 Å². The molecule has 3 rings (SSSR count). The van der Waals surface area contributed by atoms with Gasteiger partial charge < -0.3 is 5.32 Å². The Morgan fingerprint density at radius 1 is 1.24 bits per heavy atom. The van der Waals surface area contributed by atoms with Crippen molar-refractivity contribution in [2.24, 2.45) is 5.92 Å². The Morgan fingerprint density at radius 3 is 2.60 bits per heavy atom. The van der Waals surface area contributed by atoms with Crippen molar-refractivity contribution in [3.05, 3.63) is 47.1 Å². The monoisotopic (exact) mass is 382 g/mol. The minimum atomic E-state index is -3.56. The highest BCUT2D eigenvalue weighted by Gasteiger charge is 2.34. The van der Waals surface area contributed by atoms with Crippen LogP contribution in [0, 0.1) is 18.7 Å². The molecule has 25 heavy (non-hydrogen) atoms. The summed E-state index contributed by atoms with van der Waals surface area (Å²) in [6, 6.07) is 8.90. The zero-order chi connectivity index (χ0) is 18.0. The summed E-state index contributed by atoms with van der Waals surface area (Å²) >= 11 is 1.24. The zero-order valence-electron chi connectivity index (χ0n) is 13.7. The predicted molar refractivity (Wildman–Crippen MR) is 95.6 cm³/mol. The first-order valence-corrected chi connectivity index (χ1v) is 10.2. The summed E-state index contributed by atoms with van der Waals surface area (Å²) in [6.07, 6.45) is 1.26. The highest BCUT2D eigenvalue weighted by atomic mass is 32.2. The molecule has 0 saturated carbocycles. The predicted octanol–water partition coefficient (Wildman–Crippen LogP) is 3.24. The number of anilines is 1. The van der Waals surface area contributed by atoms with Crippen molar-refractivity contribution in [1.29, 1.82) is 0 Å². The van der Waals surface area contributed by atoms with Crippen LogP contribution >= 0.6 is 11.3 Å². The lowest BCUT2D eigenvalue weighted by molar-refractivity contribution is -0.120. The van der Waals surface area contributed by atoms with Crippen LogP contribution in [0.25, 0.3) is 0 Å². The Kier molecular flexibility index (Phi) is 5.21. The maximum atomic E-state index is 12.9. The van der Waals surface area contributed by atoms with Crippen LogP contribution in [0.5, 0.6) is 0 Å². The van der Waals surface area contributed by atoms with Crippen molar-refractivity contribution in [3.8, 4) is 0 Å². The second kappa shape index (κ2) is 7.23. The van der Waals surface area contributed by atoms with Crippen molar-refractivity contribution in [1.82, 2.24) is 4.31 Å². The zero-order valence-corrected chi connectivity index (χ0v) is 15.4. The molecule has 1 aliphatic rings. The molecule has 1 amide bonds. The summed E-state index contributed by atoms with van der Waals surface area (Å²) in [7, 11) is -3.56. The lowest BCUT2D eigenvalue weighted by Crippen LogP contribution is -2.43. The van der Waals surface area contributed by atoms with Gasteiger partial charge >= 0.3 is 0 Å². The number of carbonyl (C=O) groups excluding carboxylic acids is 1. The molecule has 1 N–H and O–H groups in total. The quantitative estimate of drug-likeness (QED) is 0.883. The Hall–Kier alpha value is -1.77. The fourth-order valence-corrected chi connectivity index (χ4v) is 5.79. The number of carbonyl (C=O) groups is 1. The van der Waals surface area contributed by atoms with Gasteiger partial charge in [0.2, 0.25) is 5.91 Å². The van der Waals surface area contributed by atoms with Crippen LogP contribution in [0.3, 0.4) is 0 Å². The number of nitrogens with one attached hydrogen (secondary N) is 1. The van der Waals surface area contributed by atoms with Gasteiger partial charge in [-0.3, -0.25) is 4.79 Å². The fourth-order valence-electron chi connectivity index (χ4n) is 2.83. The number of nitrogens with zero attached hydrogens (tertiary/aromatic N) is 1. The molecule has 5 nitrogen and oxygen atoms in total. The van der Waals surface area contributed by atoms with Crippen molar-refractivity contribution in [2.45, 2.75) is 24.0 Å². The van der Waals surface area contributed by atoms with E-state index in [2.05, 4.69) is 5.32 Å². The smallest absolute Gasteiger partial charge is 0.252 e. The molecule has 1 saturated heterocycles. The SMILES string of the molecule is Cc1ccc(S(=O)(=O)N2CCC[C@@H](C(=O)Nc3ccc(F)cc3)C2)s1. The maximum absolute atomic E-state index is 12.9. The van der Waals surface area contributed by atoms with E-state index < -0.39 is 15.9 Å². The Bertz CT molecular complexity index is 862. The average molecular weight is 382 g/mol. The van der Waals surface area contributed by atoms with Gasteiger partial charge in [0.15, 0.2) is 0 Å². The molecule has 0 bridgehead atoms. The normalized spacial score (nSPS) is 18.9. The van der Waals surface area contributed by atoms with Crippen molar-refractivity contribution >= 4 is 33.0 Å². The molecule has 2 heterocycles. The molecule has 0 radical (unpaired) electrons. The van der Waals surface area contributed by atoms with Gasteiger partial charge in [-0.05, 0) is 56.2 Å². The Balaban J connectivity index is 1.70. The van der Waals surface area contributed by atoms with Gasteiger partial charge in [0.1, 0.15) is 10.0 Å². The lowest BCUT2D eigenvalue weighted by Gasteiger charge is -2.30. The Labute approximate surface area is 150 Å². The van der Waals surface area contributed by atoms with Gasteiger partial charge in [-0.25, -0.2) is 12.8 Å². The Morgan fingerprint density at radius 2 is 1.96 bits per heavy atom. The standard InChI is InChI=1S/C17H19FN2O3S2/c1-12-4-9-16(24-12)25(22,23)20-10-2-3-13(11-20)17(21)19-15-7-5-14(18)6-8-15/h4-9,13H,2-3,10-11H2,1H3,(H,19,21)/t13-/m1/s1. The molecule has 1 fully saturated rings. The minimum Gasteiger partial charge on any atom is -0.326 e. The number of rotatable bonds is 4. The van der Waals surface area contributed by atoms with Crippen LogP contribution in [0.4, 0.5) is 10.1 Å². The summed E-state index contributed by atoms with van der Waals surface area (Å²) in [5.74, 6) is -1.04. The van der Waals surface area contributed by atoms with Crippen molar-refractivity contribution < 1.29 is 17.6 Å². The highest BCUT2D eigenvalue weighted by molar-refractivity contribution is 7.91. The number of piperidine rings is 1. The number of aryl methyl sites for hydroxylation is 1. The van der Waals surface area contributed by atoms with Gasteiger partial charge in [0, 0.05) is 23.7 Å². The van der Waals surface area contributed by atoms with Gasteiger partial charge in [-0.2, -0.15) is 4.31 Å². The van der Waals surface area contributed by atoms with E-state index in [1.807, 2.05) is 6.92 Å². The molecule has 0 aliphatic carbocycles. The third kappa shape index (κ3) is 4.08. The number of thiophene rings is 1. The molecule has 134 valence electrons. The third-order valence-electron chi connectivity index (χ3n) is 4.18. The van der Waals surface area contributed by atoms with Crippen LogP contribution < -0.4 is 5.32 Å². The van der Waals surface area contributed by atoms with E-state index in [0.717, 1.165) is 4.88 Å². The summed E-state index contributed by atoms with van der Waals surface area (Å²) < 4.78 is 40.1. The molecular formula is C17H19FN2O3S2. The molecule has 1 aliphatic heterocycles. The van der Waals surface area contributed by atoms with E-state index in [-0.39, 0.29) is 18.3 Å². The molecule has 1 atom stereocenters. The van der Waals surface area contributed by atoms with E-state index in [0.29, 0.717) is 29.3 Å². The van der Waals surface area contributed by atoms with E-state index in [9.17, 15) is 17.6 Å². The highest BCUT2D eigenvalue weighted by Crippen LogP contribution is 2.28. The van der Waals surface area contributed by atoms with Crippen LogP contribution in [-0.4, -0.2) is 31.7 Å². The average Bonchev–Trinajstić information content (AvgIpc) is 3.04. The summed E-state index contributed by atoms with van der Waals surface area (Å²) in [5.41, 5.74) is 0.500. The number of amides is 1. The minimum absolute atomic E-state index is 0.159. The molecule has 0 unspecified atom stereocenters. The van der Waals surface area contributed by atoms with Crippen LogP contribution in [0.1, 0.15) is 17.7 Å². The second-order valence-corrected chi connectivity index (χ2v) is 9.52. The molecule has 2 aromatic rings. The van der Waals surface area contributed by atoms with E-state index in [1.165, 1.54) is 39.9 Å². The molecule has 1 aromatic carbocycles. The topological polar surface area (TPSA) is 66.5 Å². The summed E-state index contributed by atoms with van der Waals surface area (Å²) in [4.78, 5) is 13.4. The van der Waals surface area contributed by atoms with Crippen molar-refractivity contribution in [3.63, 3.8) is 0 Å². The number of benzene rings is 1. The lowest BCUT2D eigenvalue weighted by atomic mass is 9.99. The first-order chi connectivity index (χ1) is 11.9. The molecule has 8 heteroatoms. The van der Waals surface area contributed by atoms with E-state index >= 15 is 0 Å². The summed E-state index contributed by atoms with van der Waals surface area (Å²) in [5, 5.41) is 2.73. The van der Waals surface area contributed by atoms with Crippen LogP contribution in [-0.2, 0) is 14.8 Å². The first-order valence-electron chi connectivity index (χ1n) is 7.99. The second-order valence-electron chi connectivity index (χ2n) is 6.06. The van der Waals surface area contributed by atoms with Gasteiger partial charge in [-0.15, -0.1) is 11.3 Å². The fraction of sp³-hybridized carbons (Fsp3) is 0.353. The van der Waals surface area contributed by atoms with Gasteiger partial charge in [0.25, 0.3) is 10.0 Å². The molecule has 0 spiro atoms. The number of hydrogen-bond donors (Lipinski definition) is 1. The molecule has 1 aromatic heterocycles.